The van der Waals surface area contributed by atoms with Crippen LogP contribution < -0.4 is 4.74 Å². The van der Waals surface area contributed by atoms with Crippen molar-refractivity contribution in [2.24, 2.45) is 0 Å². The van der Waals surface area contributed by atoms with E-state index in [4.69, 9.17) is 9.84 Å². The number of ether oxygens (including phenoxy) is 1. The zero-order valence-corrected chi connectivity index (χ0v) is 22.0. The van der Waals surface area contributed by atoms with Crippen molar-refractivity contribution in [1.82, 2.24) is 0 Å². The van der Waals surface area contributed by atoms with E-state index in [2.05, 4.69) is 52.8 Å². The Morgan fingerprint density at radius 3 is 1.53 bits per heavy atom. The molecule has 0 aliphatic rings. The van der Waals surface area contributed by atoms with E-state index in [0.29, 0.717) is 0 Å². The van der Waals surface area contributed by atoms with Crippen molar-refractivity contribution in [1.29, 1.82) is 0 Å². The van der Waals surface area contributed by atoms with E-state index >= 15 is 0 Å². The van der Waals surface area contributed by atoms with Crippen molar-refractivity contribution in [2.45, 2.75) is 73.1 Å². The monoisotopic (exact) mass is 472 g/mol. The summed E-state index contributed by atoms with van der Waals surface area (Å²) in [5.41, 5.74) is 5.66. The van der Waals surface area contributed by atoms with Crippen molar-refractivity contribution < 1.29 is 9.84 Å². The molecule has 2 rings (SSSR count). The molecule has 1 N–H and O–H groups in total. The summed E-state index contributed by atoms with van der Waals surface area (Å²) in [6.07, 6.45) is 15.7. The molecule has 0 aliphatic carbocycles. The van der Waals surface area contributed by atoms with Gasteiger partial charge in [0.2, 0.25) is 0 Å². The maximum Gasteiger partial charge on any atom is 0.182 e. The van der Waals surface area contributed by atoms with Gasteiger partial charge in [0.25, 0.3) is 0 Å². The van der Waals surface area contributed by atoms with Gasteiger partial charge in [0, 0.05) is 0 Å². The Morgan fingerprint density at radius 2 is 1.16 bits per heavy atom. The van der Waals surface area contributed by atoms with Crippen LogP contribution in [0.2, 0.25) is 0 Å². The highest BCUT2D eigenvalue weighted by atomic mass is 32.1. The molecule has 0 fully saturated rings. The molecule has 2 aromatic heterocycles. The van der Waals surface area contributed by atoms with E-state index in [9.17, 15) is 0 Å². The maximum absolute atomic E-state index is 8.80. The van der Waals surface area contributed by atoms with Crippen LogP contribution >= 0.6 is 22.7 Å². The number of aliphatic hydroxyl groups excluding tert-OH is 1. The Balaban J connectivity index is 0.000000382. The van der Waals surface area contributed by atoms with Crippen LogP contribution in [0.15, 0.2) is 81.6 Å². The number of hydrogen-bond donors (Lipinski definition) is 1. The molecule has 0 saturated carbocycles. The van der Waals surface area contributed by atoms with Crippen LogP contribution in [-0.2, 0) is 0 Å². The number of hydrogen-bond acceptors (Lipinski definition) is 4. The van der Waals surface area contributed by atoms with Gasteiger partial charge in [0.15, 0.2) is 10.1 Å². The predicted molar refractivity (Wildman–Crippen MR) is 144 cm³/mol. The van der Waals surface area contributed by atoms with Crippen LogP contribution in [-0.4, -0.2) is 11.7 Å². The highest BCUT2D eigenvalue weighted by Gasteiger charge is 1.96. The summed E-state index contributed by atoms with van der Waals surface area (Å²) >= 11 is 3.21. The molecule has 0 aliphatic heterocycles. The van der Waals surface area contributed by atoms with Gasteiger partial charge < -0.3 is 9.84 Å². The van der Waals surface area contributed by atoms with E-state index in [1.807, 2.05) is 41.1 Å². The van der Waals surface area contributed by atoms with Crippen LogP contribution in [0.1, 0.15) is 73.1 Å². The van der Waals surface area contributed by atoms with Crippen molar-refractivity contribution >= 4 is 22.7 Å². The first-order chi connectivity index (χ1) is 15.4. The topological polar surface area (TPSA) is 29.5 Å². The third kappa shape index (κ3) is 15.0. The van der Waals surface area contributed by atoms with Gasteiger partial charge >= 0.3 is 0 Å². The molecule has 0 spiro atoms. The molecular formula is C28H40O2S2. The van der Waals surface area contributed by atoms with Gasteiger partial charge in [-0.3, -0.25) is 0 Å². The van der Waals surface area contributed by atoms with E-state index < -0.39 is 0 Å². The number of allylic oxidation sites excluding steroid dienone is 7. The molecule has 4 heteroatoms. The number of aliphatic hydroxyl groups is 1. The normalized spacial score (nSPS) is 12.2. The second-order valence-corrected chi connectivity index (χ2v) is 10.0. The molecule has 2 aromatic rings. The second kappa shape index (κ2) is 17.6. The highest BCUT2D eigenvalue weighted by Crippen LogP contribution is 2.29. The van der Waals surface area contributed by atoms with Crippen molar-refractivity contribution in [2.75, 3.05) is 6.61 Å². The third-order valence-corrected chi connectivity index (χ3v) is 6.28. The van der Waals surface area contributed by atoms with Gasteiger partial charge in [0.1, 0.15) is 0 Å². The third-order valence-electron chi connectivity index (χ3n) is 4.79. The average Bonchev–Trinajstić information content (AvgIpc) is 3.43. The fourth-order valence-electron chi connectivity index (χ4n) is 2.89. The quantitative estimate of drug-likeness (QED) is 0.311. The Hall–Kier alpha value is -1.88. The number of rotatable bonds is 12. The lowest BCUT2D eigenvalue weighted by atomic mass is 10.0. The summed E-state index contributed by atoms with van der Waals surface area (Å²) in [5.74, 6) is 0. The lowest BCUT2D eigenvalue weighted by Crippen LogP contribution is -1.83. The molecule has 0 amide bonds. The zero-order chi connectivity index (χ0) is 23.6. The van der Waals surface area contributed by atoms with E-state index in [0.717, 1.165) is 42.2 Å². The maximum atomic E-state index is 8.80. The molecule has 0 radical (unpaired) electrons. The Labute approximate surface area is 203 Å². The fourth-order valence-corrected chi connectivity index (χ4v) is 4.11. The summed E-state index contributed by atoms with van der Waals surface area (Å²) in [6, 6.07) is 7.88. The highest BCUT2D eigenvalue weighted by molar-refractivity contribution is 7.13. The molecule has 2 heterocycles. The Kier molecular flexibility index (Phi) is 15.5. The van der Waals surface area contributed by atoms with Gasteiger partial charge in [0.05, 0.1) is 6.61 Å². The smallest absolute Gasteiger partial charge is 0.182 e. The van der Waals surface area contributed by atoms with E-state index in [-0.39, 0.29) is 6.61 Å². The van der Waals surface area contributed by atoms with Crippen molar-refractivity contribution in [3.63, 3.8) is 0 Å². The molecule has 0 aromatic carbocycles. The molecule has 176 valence electrons. The Bertz CT molecular complexity index is 802. The summed E-state index contributed by atoms with van der Waals surface area (Å²) < 4.78 is 5.50. The molecule has 0 saturated heterocycles. The van der Waals surface area contributed by atoms with Gasteiger partial charge in [-0.25, -0.2) is 0 Å². The molecule has 0 unspecified atom stereocenters. The molecule has 2 nitrogen and oxygen atoms in total. The summed E-state index contributed by atoms with van der Waals surface area (Å²) in [6.45, 7) is 11.0. The minimum absolute atomic E-state index is 0.158. The van der Waals surface area contributed by atoms with Crippen molar-refractivity contribution in [3.05, 3.63) is 81.6 Å². The van der Waals surface area contributed by atoms with Gasteiger partial charge in [-0.05, 0) is 108 Å². The minimum Gasteiger partial charge on any atom is -0.436 e. The first-order valence-corrected chi connectivity index (χ1v) is 13.1. The first-order valence-electron chi connectivity index (χ1n) is 11.4. The van der Waals surface area contributed by atoms with Crippen LogP contribution in [0.4, 0.5) is 0 Å². The Morgan fingerprint density at radius 1 is 0.719 bits per heavy atom. The van der Waals surface area contributed by atoms with Crippen molar-refractivity contribution in [3.8, 4) is 10.1 Å². The van der Waals surface area contributed by atoms with Gasteiger partial charge in [-0.1, -0.05) is 46.6 Å². The summed E-state index contributed by atoms with van der Waals surface area (Å²) in [4.78, 5) is 0. The van der Waals surface area contributed by atoms with Crippen LogP contribution in [0, 0.1) is 0 Å². The van der Waals surface area contributed by atoms with Gasteiger partial charge in [-0.2, -0.15) is 0 Å². The molecule has 0 bridgehead atoms. The van der Waals surface area contributed by atoms with Crippen LogP contribution in [0.25, 0.3) is 0 Å². The predicted octanol–water partition coefficient (Wildman–Crippen LogP) is 9.73. The minimum atomic E-state index is 0.158. The zero-order valence-electron chi connectivity index (χ0n) is 20.4. The molecule has 0 atom stereocenters. The molecular weight excluding hydrogens is 432 g/mol. The average molecular weight is 473 g/mol. The lowest BCUT2D eigenvalue weighted by Gasteiger charge is -2.02. The standard InChI is InChI=1S/C20H34O.C8H6OS2/c1-17(2)9-6-10-18(3)11-7-12-19(4)13-8-14-20(5)15-16-21;1-3-7(10-5-1)9-8-4-2-6-11-8/h9,11,13,15,21H,6-8,10,12,14,16H2,1-5H3;1-6H. The fraction of sp³-hybridized carbons (Fsp3) is 0.429. The SMILES string of the molecule is CC(C)=CCCC(C)=CCCC(C)=CCCC(C)=CCO.c1csc(Oc2cccs2)c1. The van der Waals surface area contributed by atoms with E-state index in [1.165, 1.54) is 28.7 Å². The second-order valence-electron chi connectivity index (χ2n) is 8.20. The number of thiophene rings is 2. The molecule has 32 heavy (non-hydrogen) atoms. The van der Waals surface area contributed by atoms with E-state index in [1.54, 1.807) is 22.7 Å². The van der Waals surface area contributed by atoms with Gasteiger partial charge in [-0.15, -0.1) is 22.7 Å². The lowest BCUT2D eigenvalue weighted by molar-refractivity contribution is 0.341. The largest absolute Gasteiger partial charge is 0.436 e. The van der Waals surface area contributed by atoms with Crippen LogP contribution in [0.5, 0.6) is 10.1 Å². The first kappa shape index (κ1) is 28.2. The summed E-state index contributed by atoms with van der Waals surface area (Å²) in [7, 11) is 0. The van der Waals surface area contributed by atoms with Crippen LogP contribution in [0.3, 0.4) is 0 Å². The summed E-state index contributed by atoms with van der Waals surface area (Å²) in [5, 5.41) is 14.7.